The van der Waals surface area contributed by atoms with Crippen molar-refractivity contribution >= 4 is 29.4 Å². The molecule has 36 heavy (non-hydrogen) atoms. The van der Waals surface area contributed by atoms with E-state index in [1.54, 1.807) is 6.07 Å². The van der Waals surface area contributed by atoms with Gasteiger partial charge in [0.15, 0.2) is 17.7 Å². The molecule has 0 fully saturated rings. The van der Waals surface area contributed by atoms with Gasteiger partial charge in [0.1, 0.15) is 12.2 Å². The van der Waals surface area contributed by atoms with Crippen LogP contribution >= 0.6 is 11.6 Å². The maximum Gasteiger partial charge on any atom is 0.416 e. The standard InChI is InChI=1S/C21H20ClF3N8O3/c1-27-19(35)14-3-2-8-28-18(14)33-11-30-16(31-33)9-29-20(36)32(10-15(34)21(23,24)25)17(26)12-4-6-13(22)7-5-12/h2-8,11,15,26,34H,9-10H2,1H3,(H,27,35)(H,29,36)/t15-/m0/s1. The lowest BCUT2D eigenvalue weighted by atomic mass is 10.2. The van der Waals surface area contributed by atoms with Crippen LogP contribution in [-0.4, -0.2) is 73.4 Å². The van der Waals surface area contributed by atoms with Crippen LogP contribution in [0.4, 0.5) is 18.0 Å². The zero-order chi connectivity index (χ0) is 26.5. The third kappa shape index (κ3) is 6.34. The Kier molecular flexibility index (Phi) is 8.22. The largest absolute Gasteiger partial charge is 0.416 e. The highest BCUT2D eigenvalue weighted by atomic mass is 35.5. The van der Waals surface area contributed by atoms with Gasteiger partial charge in [-0.15, -0.1) is 5.10 Å². The number of carbonyl (C=O) groups excluding carboxylic acids is 2. The normalized spacial score (nSPS) is 12.1. The number of carbonyl (C=O) groups is 2. The highest BCUT2D eigenvalue weighted by Crippen LogP contribution is 2.22. The zero-order valence-electron chi connectivity index (χ0n) is 18.6. The van der Waals surface area contributed by atoms with Crippen molar-refractivity contribution in [2.75, 3.05) is 13.6 Å². The lowest BCUT2D eigenvalue weighted by molar-refractivity contribution is -0.204. The third-order valence-electron chi connectivity index (χ3n) is 4.78. The summed E-state index contributed by atoms with van der Waals surface area (Å²) in [4.78, 5) is 33.4. The molecule has 0 aliphatic carbocycles. The van der Waals surface area contributed by atoms with Gasteiger partial charge in [-0.25, -0.2) is 19.4 Å². The molecule has 1 atom stereocenters. The number of amidine groups is 1. The Balaban J connectivity index is 1.77. The molecule has 0 unspecified atom stereocenters. The topological polar surface area (TPSA) is 149 Å². The molecule has 0 aliphatic heterocycles. The minimum atomic E-state index is -5.01. The predicted molar refractivity (Wildman–Crippen MR) is 122 cm³/mol. The Morgan fingerprint density at radius 2 is 1.92 bits per heavy atom. The summed E-state index contributed by atoms with van der Waals surface area (Å²) in [5.41, 5.74) is 0.312. The van der Waals surface area contributed by atoms with Crippen molar-refractivity contribution in [1.29, 1.82) is 5.41 Å². The minimum Gasteiger partial charge on any atom is -0.382 e. The van der Waals surface area contributed by atoms with Crippen molar-refractivity contribution < 1.29 is 27.9 Å². The van der Waals surface area contributed by atoms with Gasteiger partial charge in [-0.05, 0) is 36.4 Å². The van der Waals surface area contributed by atoms with E-state index in [2.05, 4.69) is 25.7 Å². The fourth-order valence-corrected chi connectivity index (χ4v) is 3.06. The number of nitrogens with zero attached hydrogens (tertiary/aromatic N) is 5. The Bertz CT molecular complexity index is 1250. The van der Waals surface area contributed by atoms with E-state index in [4.69, 9.17) is 17.0 Å². The van der Waals surface area contributed by atoms with Crippen LogP contribution in [0.2, 0.25) is 5.02 Å². The number of hydrogen-bond acceptors (Lipinski definition) is 7. The molecule has 4 N–H and O–H groups in total. The fraction of sp³-hybridized carbons (Fsp3) is 0.238. The van der Waals surface area contributed by atoms with E-state index in [-0.39, 0.29) is 29.3 Å². The van der Waals surface area contributed by atoms with Gasteiger partial charge in [0.05, 0.1) is 18.7 Å². The Morgan fingerprint density at radius 3 is 2.56 bits per heavy atom. The summed E-state index contributed by atoms with van der Waals surface area (Å²) in [6, 6.07) is 7.50. The monoisotopic (exact) mass is 524 g/mol. The first-order valence-corrected chi connectivity index (χ1v) is 10.6. The van der Waals surface area contributed by atoms with Crippen molar-refractivity contribution in [2.45, 2.75) is 18.8 Å². The van der Waals surface area contributed by atoms with Gasteiger partial charge in [0.25, 0.3) is 5.91 Å². The van der Waals surface area contributed by atoms with Gasteiger partial charge in [-0.1, -0.05) is 11.6 Å². The molecule has 3 rings (SSSR count). The number of aliphatic hydroxyl groups is 1. The first-order valence-electron chi connectivity index (χ1n) is 10.2. The number of urea groups is 1. The molecule has 3 aromatic rings. The number of halogens is 4. The molecular formula is C21H20ClF3N8O3. The number of aliphatic hydroxyl groups excluding tert-OH is 1. The maximum absolute atomic E-state index is 13.0. The Hall–Kier alpha value is -4.04. The number of benzene rings is 1. The van der Waals surface area contributed by atoms with Crippen LogP contribution in [0.5, 0.6) is 0 Å². The molecule has 0 spiro atoms. The first-order chi connectivity index (χ1) is 17.0. The quantitative estimate of drug-likeness (QED) is 0.275. The number of nitrogens with one attached hydrogen (secondary N) is 3. The third-order valence-corrected chi connectivity index (χ3v) is 5.03. The van der Waals surface area contributed by atoms with Crippen LogP contribution in [0.3, 0.4) is 0 Å². The molecule has 190 valence electrons. The van der Waals surface area contributed by atoms with Crippen LogP contribution < -0.4 is 10.6 Å². The van der Waals surface area contributed by atoms with E-state index in [9.17, 15) is 27.9 Å². The van der Waals surface area contributed by atoms with Gasteiger partial charge in [0.2, 0.25) is 0 Å². The number of pyridine rings is 1. The molecule has 1 aromatic carbocycles. The second kappa shape index (κ2) is 11.1. The van der Waals surface area contributed by atoms with Gasteiger partial charge < -0.3 is 15.7 Å². The van der Waals surface area contributed by atoms with Crippen LogP contribution in [0.15, 0.2) is 48.9 Å². The molecule has 11 nitrogen and oxygen atoms in total. The average Bonchev–Trinajstić information content (AvgIpc) is 3.33. The molecule has 0 aliphatic rings. The average molecular weight is 525 g/mol. The summed E-state index contributed by atoms with van der Waals surface area (Å²) < 4.78 is 40.1. The van der Waals surface area contributed by atoms with Gasteiger partial charge >= 0.3 is 12.2 Å². The molecule has 0 radical (unpaired) electrons. The molecule has 0 saturated heterocycles. The van der Waals surface area contributed by atoms with Gasteiger partial charge in [0, 0.05) is 23.8 Å². The number of amides is 3. The predicted octanol–water partition coefficient (Wildman–Crippen LogP) is 2.14. The van der Waals surface area contributed by atoms with Crippen LogP contribution in [0.25, 0.3) is 5.82 Å². The SMILES string of the molecule is CNC(=O)c1cccnc1-n1cnc(CNC(=O)N(C[C@H](O)C(F)(F)F)C(=N)c2ccc(Cl)cc2)n1. The fourth-order valence-electron chi connectivity index (χ4n) is 2.94. The van der Waals surface area contributed by atoms with E-state index in [1.807, 2.05) is 0 Å². The smallest absolute Gasteiger partial charge is 0.382 e. The summed E-state index contributed by atoms with van der Waals surface area (Å²) in [5, 5.41) is 27.0. The number of rotatable bonds is 7. The van der Waals surface area contributed by atoms with Crippen molar-refractivity contribution in [3.63, 3.8) is 0 Å². The van der Waals surface area contributed by atoms with Gasteiger partial charge in [-0.3, -0.25) is 15.1 Å². The van der Waals surface area contributed by atoms with E-state index >= 15 is 0 Å². The lowest BCUT2D eigenvalue weighted by Crippen LogP contribution is -2.50. The van der Waals surface area contributed by atoms with Crippen molar-refractivity contribution in [3.8, 4) is 5.82 Å². The van der Waals surface area contributed by atoms with Crippen molar-refractivity contribution in [1.82, 2.24) is 35.3 Å². The molecule has 2 heterocycles. The summed E-state index contributed by atoms with van der Waals surface area (Å²) in [7, 11) is 1.45. The summed E-state index contributed by atoms with van der Waals surface area (Å²) in [5.74, 6) is -0.787. The van der Waals surface area contributed by atoms with Crippen molar-refractivity contribution in [3.05, 3.63) is 70.9 Å². The second-order valence-corrected chi connectivity index (χ2v) is 7.68. The van der Waals surface area contributed by atoms with E-state index in [0.29, 0.717) is 9.92 Å². The van der Waals surface area contributed by atoms with E-state index in [0.717, 1.165) is 0 Å². The Labute approximate surface area is 207 Å². The molecule has 2 aromatic heterocycles. The lowest BCUT2D eigenvalue weighted by Gasteiger charge is -2.26. The molecule has 15 heteroatoms. The second-order valence-electron chi connectivity index (χ2n) is 7.24. The number of hydrogen-bond donors (Lipinski definition) is 4. The van der Waals surface area contributed by atoms with Crippen molar-refractivity contribution in [2.24, 2.45) is 0 Å². The van der Waals surface area contributed by atoms with Crippen LogP contribution in [0, 0.1) is 5.41 Å². The van der Waals surface area contributed by atoms with Crippen LogP contribution in [0.1, 0.15) is 21.7 Å². The summed E-state index contributed by atoms with van der Waals surface area (Å²) in [6.07, 6.45) is -5.21. The zero-order valence-corrected chi connectivity index (χ0v) is 19.4. The summed E-state index contributed by atoms with van der Waals surface area (Å²) in [6.45, 7) is -1.55. The minimum absolute atomic E-state index is 0.0474. The maximum atomic E-state index is 13.0. The number of alkyl halides is 3. The van der Waals surface area contributed by atoms with Gasteiger partial charge in [-0.2, -0.15) is 13.2 Å². The first kappa shape index (κ1) is 26.6. The Morgan fingerprint density at radius 1 is 1.22 bits per heavy atom. The number of aromatic nitrogens is 4. The van der Waals surface area contributed by atoms with Crippen LogP contribution in [-0.2, 0) is 6.54 Å². The molecular weight excluding hydrogens is 505 g/mol. The highest BCUT2D eigenvalue weighted by Gasteiger charge is 2.41. The molecule has 0 bridgehead atoms. The molecule has 3 amide bonds. The summed E-state index contributed by atoms with van der Waals surface area (Å²) >= 11 is 5.81. The van der Waals surface area contributed by atoms with E-state index < -0.39 is 36.6 Å². The highest BCUT2D eigenvalue weighted by molar-refractivity contribution is 6.30. The molecule has 0 saturated carbocycles. The van der Waals surface area contributed by atoms with E-state index in [1.165, 1.54) is 54.6 Å².